The third kappa shape index (κ3) is 6.17. The Hall–Kier alpha value is -1.66. The minimum Gasteiger partial charge on any atom is -0.350 e. The number of piperidine rings is 1. The van der Waals surface area contributed by atoms with Gasteiger partial charge in [-0.3, -0.25) is 9.78 Å². The van der Waals surface area contributed by atoms with Crippen LogP contribution in [0.3, 0.4) is 0 Å². The molecule has 0 aliphatic carbocycles. The van der Waals surface area contributed by atoms with Gasteiger partial charge in [-0.2, -0.15) is 0 Å². The molecule has 2 aromatic rings. The summed E-state index contributed by atoms with van der Waals surface area (Å²) >= 11 is 12.5. The first-order valence-corrected chi connectivity index (χ1v) is 10.4. The molecule has 1 aromatic carbocycles. The molecule has 1 unspecified atom stereocenters. The highest BCUT2D eigenvalue weighted by atomic mass is 35.5. The molecule has 1 saturated heterocycles. The second kappa shape index (κ2) is 10.8. The molecule has 1 fully saturated rings. The fourth-order valence-electron chi connectivity index (χ4n) is 3.47. The number of nitrogens with zero attached hydrogens (tertiary/aromatic N) is 1. The van der Waals surface area contributed by atoms with Gasteiger partial charge < -0.3 is 16.0 Å². The highest BCUT2D eigenvalue weighted by Crippen LogP contribution is 2.27. The van der Waals surface area contributed by atoms with Gasteiger partial charge >= 0.3 is 0 Å². The average Bonchev–Trinajstić information content (AvgIpc) is 2.73. The summed E-state index contributed by atoms with van der Waals surface area (Å²) in [6.45, 7) is 3.33. The molecule has 7 heteroatoms. The molecule has 0 spiro atoms. The van der Waals surface area contributed by atoms with Crippen LogP contribution in [-0.4, -0.2) is 30.5 Å². The van der Waals surface area contributed by atoms with Crippen molar-refractivity contribution in [3.05, 3.63) is 63.9 Å². The Labute approximate surface area is 176 Å². The average molecular weight is 421 g/mol. The van der Waals surface area contributed by atoms with Crippen LogP contribution in [0.5, 0.6) is 0 Å². The van der Waals surface area contributed by atoms with Crippen molar-refractivity contribution < 1.29 is 4.79 Å². The van der Waals surface area contributed by atoms with E-state index >= 15 is 0 Å². The molecule has 1 aliphatic rings. The molecule has 0 saturated carbocycles. The van der Waals surface area contributed by atoms with Gasteiger partial charge in [0, 0.05) is 29.0 Å². The van der Waals surface area contributed by atoms with Gasteiger partial charge in [0.15, 0.2) is 0 Å². The van der Waals surface area contributed by atoms with E-state index in [2.05, 4.69) is 20.9 Å². The van der Waals surface area contributed by atoms with Crippen molar-refractivity contribution in [2.75, 3.05) is 19.6 Å². The van der Waals surface area contributed by atoms with Crippen molar-refractivity contribution in [2.24, 2.45) is 5.92 Å². The van der Waals surface area contributed by atoms with E-state index in [-0.39, 0.29) is 5.91 Å². The van der Waals surface area contributed by atoms with E-state index in [0.717, 1.165) is 31.6 Å². The summed E-state index contributed by atoms with van der Waals surface area (Å²) in [5.41, 5.74) is 1.70. The smallest absolute Gasteiger partial charge is 0.242 e. The molecular formula is C21H26Cl2N4O. The lowest BCUT2D eigenvalue weighted by molar-refractivity contribution is -0.123. The molecule has 150 valence electrons. The van der Waals surface area contributed by atoms with Gasteiger partial charge in [-0.05, 0) is 86.3 Å². The fraction of sp³-hybridized carbons (Fsp3) is 0.429. The minimum absolute atomic E-state index is 0.119. The summed E-state index contributed by atoms with van der Waals surface area (Å²) in [6, 6.07) is 8.44. The SMILES string of the molecule is O=C(NCc1ccncc1)C(NCCC1CCNCC1)c1cc(Cl)ccc1Cl. The maximum atomic E-state index is 13.0. The van der Waals surface area contributed by atoms with E-state index in [1.54, 1.807) is 30.6 Å². The third-order valence-electron chi connectivity index (χ3n) is 5.11. The predicted molar refractivity (Wildman–Crippen MR) is 114 cm³/mol. The normalized spacial score (nSPS) is 15.9. The second-order valence-electron chi connectivity index (χ2n) is 7.11. The van der Waals surface area contributed by atoms with Gasteiger partial charge in [0.2, 0.25) is 5.91 Å². The van der Waals surface area contributed by atoms with E-state index in [1.807, 2.05) is 12.1 Å². The molecule has 0 radical (unpaired) electrons. The van der Waals surface area contributed by atoms with Gasteiger partial charge in [-0.25, -0.2) is 0 Å². The molecule has 28 heavy (non-hydrogen) atoms. The lowest BCUT2D eigenvalue weighted by Gasteiger charge is -2.25. The first kappa shape index (κ1) is 21.1. The quantitative estimate of drug-likeness (QED) is 0.608. The number of hydrogen-bond acceptors (Lipinski definition) is 4. The molecule has 5 nitrogen and oxygen atoms in total. The molecule has 3 rings (SSSR count). The summed E-state index contributed by atoms with van der Waals surface area (Å²) in [6.07, 6.45) is 6.82. The number of carbonyl (C=O) groups is 1. The number of pyridine rings is 1. The Morgan fingerprint density at radius 3 is 2.68 bits per heavy atom. The second-order valence-corrected chi connectivity index (χ2v) is 7.95. The first-order valence-electron chi connectivity index (χ1n) is 9.69. The van der Waals surface area contributed by atoms with E-state index in [9.17, 15) is 4.79 Å². The molecule has 1 atom stereocenters. The standard InChI is InChI=1S/C21H26Cl2N4O/c22-17-1-2-19(23)18(13-17)20(26-12-7-15-3-8-24-9-4-15)21(28)27-14-16-5-10-25-11-6-16/h1-2,5-6,10-11,13,15,20,24,26H,3-4,7-9,12,14H2,(H,27,28). The van der Waals surface area contributed by atoms with Crippen LogP contribution in [0.4, 0.5) is 0 Å². The molecule has 1 aliphatic heterocycles. The Morgan fingerprint density at radius 1 is 1.18 bits per heavy atom. The summed E-state index contributed by atoms with van der Waals surface area (Å²) in [5, 5.41) is 10.9. The van der Waals surface area contributed by atoms with Gasteiger partial charge in [0.25, 0.3) is 0 Å². The molecule has 1 aromatic heterocycles. The molecular weight excluding hydrogens is 395 g/mol. The number of aromatic nitrogens is 1. The first-order chi connectivity index (χ1) is 13.6. The van der Waals surface area contributed by atoms with Crippen molar-refractivity contribution in [2.45, 2.75) is 31.8 Å². The van der Waals surface area contributed by atoms with E-state index in [1.165, 1.54) is 12.8 Å². The Balaban J connectivity index is 1.66. The molecule has 3 N–H and O–H groups in total. The maximum Gasteiger partial charge on any atom is 0.242 e. The number of amides is 1. The van der Waals surface area contributed by atoms with Crippen LogP contribution in [0.1, 0.15) is 36.4 Å². The number of carbonyl (C=O) groups excluding carboxylic acids is 1. The van der Waals surface area contributed by atoms with Gasteiger partial charge in [0.05, 0.1) is 0 Å². The molecule has 2 heterocycles. The van der Waals surface area contributed by atoms with Crippen molar-refractivity contribution in [1.29, 1.82) is 0 Å². The number of hydrogen-bond donors (Lipinski definition) is 3. The van der Waals surface area contributed by atoms with Crippen LogP contribution in [-0.2, 0) is 11.3 Å². The topological polar surface area (TPSA) is 66.0 Å². The van der Waals surface area contributed by atoms with Crippen molar-refractivity contribution in [1.82, 2.24) is 20.9 Å². The van der Waals surface area contributed by atoms with E-state index in [4.69, 9.17) is 23.2 Å². The Morgan fingerprint density at radius 2 is 1.93 bits per heavy atom. The van der Waals surface area contributed by atoms with Gasteiger partial charge in [-0.15, -0.1) is 0 Å². The number of rotatable bonds is 8. The summed E-state index contributed by atoms with van der Waals surface area (Å²) in [5.74, 6) is 0.565. The Bertz CT molecular complexity index is 766. The molecule has 1 amide bonds. The predicted octanol–water partition coefficient (Wildman–Crippen LogP) is 3.73. The summed E-state index contributed by atoms with van der Waals surface area (Å²) < 4.78 is 0. The van der Waals surface area contributed by atoms with E-state index in [0.29, 0.717) is 28.1 Å². The zero-order valence-corrected chi connectivity index (χ0v) is 17.3. The van der Waals surface area contributed by atoms with Crippen LogP contribution >= 0.6 is 23.2 Å². The van der Waals surface area contributed by atoms with Crippen LogP contribution in [0, 0.1) is 5.92 Å². The molecule has 0 bridgehead atoms. The van der Waals surface area contributed by atoms with Gasteiger partial charge in [0.1, 0.15) is 6.04 Å². The monoisotopic (exact) mass is 420 g/mol. The zero-order valence-electron chi connectivity index (χ0n) is 15.8. The highest BCUT2D eigenvalue weighted by Gasteiger charge is 2.23. The van der Waals surface area contributed by atoms with Crippen LogP contribution < -0.4 is 16.0 Å². The lowest BCUT2D eigenvalue weighted by atomic mass is 9.94. The van der Waals surface area contributed by atoms with Crippen molar-refractivity contribution in [3.63, 3.8) is 0 Å². The largest absolute Gasteiger partial charge is 0.350 e. The third-order valence-corrected chi connectivity index (χ3v) is 5.69. The lowest BCUT2D eigenvalue weighted by Crippen LogP contribution is -2.38. The number of halogens is 2. The fourth-order valence-corrected chi connectivity index (χ4v) is 3.88. The maximum absolute atomic E-state index is 13.0. The van der Waals surface area contributed by atoms with Gasteiger partial charge in [-0.1, -0.05) is 23.2 Å². The van der Waals surface area contributed by atoms with Crippen LogP contribution in [0.2, 0.25) is 10.0 Å². The highest BCUT2D eigenvalue weighted by molar-refractivity contribution is 6.33. The Kier molecular flexibility index (Phi) is 8.10. The van der Waals surface area contributed by atoms with Crippen molar-refractivity contribution in [3.8, 4) is 0 Å². The summed E-state index contributed by atoms with van der Waals surface area (Å²) in [4.78, 5) is 17.0. The van der Waals surface area contributed by atoms with Crippen LogP contribution in [0.25, 0.3) is 0 Å². The minimum atomic E-state index is -0.547. The summed E-state index contributed by atoms with van der Waals surface area (Å²) in [7, 11) is 0. The van der Waals surface area contributed by atoms with E-state index < -0.39 is 6.04 Å². The van der Waals surface area contributed by atoms with Crippen molar-refractivity contribution >= 4 is 29.1 Å². The zero-order chi connectivity index (χ0) is 19.8. The number of benzene rings is 1. The number of nitrogens with one attached hydrogen (secondary N) is 3. The van der Waals surface area contributed by atoms with Crippen LogP contribution in [0.15, 0.2) is 42.7 Å².